The normalized spacial score (nSPS) is 16.3. The summed E-state index contributed by atoms with van der Waals surface area (Å²) in [6, 6.07) is 7.61. The van der Waals surface area contributed by atoms with Gasteiger partial charge in [0, 0.05) is 43.8 Å². The number of rotatable bonds is 4. The quantitative estimate of drug-likeness (QED) is 0.814. The molecule has 2 N–H and O–H groups in total. The van der Waals surface area contributed by atoms with Crippen molar-refractivity contribution < 1.29 is 4.79 Å². The van der Waals surface area contributed by atoms with Crippen LogP contribution in [0.15, 0.2) is 30.5 Å². The number of nitrogens with one attached hydrogen (secondary N) is 2. The smallest absolute Gasteiger partial charge is 0.321 e. The lowest BCUT2D eigenvalue weighted by Gasteiger charge is -2.33. The maximum atomic E-state index is 12.2. The summed E-state index contributed by atoms with van der Waals surface area (Å²) in [4.78, 5) is 25.4. The number of aromatic nitrogens is 2. The molecule has 0 bridgehead atoms. The van der Waals surface area contributed by atoms with Gasteiger partial charge >= 0.3 is 6.03 Å². The van der Waals surface area contributed by atoms with Gasteiger partial charge in [-0.15, -0.1) is 0 Å². The third-order valence-corrected chi connectivity index (χ3v) is 4.86. The summed E-state index contributed by atoms with van der Waals surface area (Å²) in [5, 5.41) is 6.21. The molecule has 2 amide bonds. The van der Waals surface area contributed by atoms with Crippen LogP contribution in [0.3, 0.4) is 0 Å². The molecule has 2 fully saturated rings. The van der Waals surface area contributed by atoms with Gasteiger partial charge in [-0.1, -0.05) is 6.07 Å². The molecule has 1 aromatic carbocycles. The fraction of sp³-hybridized carbons (Fsp3) is 0.389. The average Bonchev–Trinajstić information content (AvgIpc) is 3.11. The Bertz CT molecular complexity index is 804. The minimum Gasteiger partial charge on any atom is -0.357 e. The molecule has 7 nitrogen and oxygen atoms in total. The number of hydrogen-bond donors (Lipinski definition) is 2. The maximum absolute atomic E-state index is 12.2. The first-order valence-corrected chi connectivity index (χ1v) is 9.21. The molecule has 2 aliphatic heterocycles. The van der Waals surface area contributed by atoms with Crippen LogP contribution in [0.1, 0.15) is 19.3 Å². The molecule has 26 heavy (non-hydrogen) atoms. The van der Waals surface area contributed by atoms with Crippen LogP contribution in [-0.4, -0.2) is 54.9 Å². The highest BCUT2D eigenvalue weighted by atomic mass is 16.2. The molecule has 2 saturated heterocycles. The van der Waals surface area contributed by atoms with Gasteiger partial charge in [0.1, 0.15) is 13.7 Å². The van der Waals surface area contributed by atoms with Crippen LogP contribution in [0, 0.1) is 0 Å². The summed E-state index contributed by atoms with van der Waals surface area (Å²) in [6.07, 6.45) is 5.23. The van der Waals surface area contributed by atoms with Crippen LogP contribution < -0.4 is 21.0 Å². The molecule has 0 radical (unpaired) electrons. The molecule has 0 aliphatic carbocycles. The highest BCUT2D eigenvalue weighted by molar-refractivity contribution is 6.35. The molecule has 2 aliphatic rings. The lowest BCUT2D eigenvalue weighted by molar-refractivity contribution is 0.222. The van der Waals surface area contributed by atoms with Crippen LogP contribution in [0.2, 0.25) is 0 Å². The minimum absolute atomic E-state index is 0.0358. The van der Waals surface area contributed by atoms with Crippen molar-refractivity contribution in [1.82, 2.24) is 14.9 Å². The lowest BCUT2D eigenvalue weighted by atomic mass is 9.97. The van der Waals surface area contributed by atoms with E-state index in [9.17, 15) is 4.79 Å². The van der Waals surface area contributed by atoms with E-state index in [0.717, 1.165) is 61.7 Å². The number of carbonyl (C=O) groups excluding carboxylic acids is 1. The number of nitrogens with zero attached hydrogens (tertiary/aromatic N) is 4. The second kappa shape index (κ2) is 7.23. The lowest BCUT2D eigenvalue weighted by Crippen LogP contribution is -2.41. The second-order valence-electron chi connectivity index (χ2n) is 6.87. The molecule has 0 atom stereocenters. The van der Waals surface area contributed by atoms with Crippen LogP contribution in [0.4, 0.5) is 27.9 Å². The summed E-state index contributed by atoms with van der Waals surface area (Å²) < 4.78 is 0. The van der Waals surface area contributed by atoms with E-state index in [1.807, 2.05) is 43.2 Å². The Morgan fingerprint density at radius 1 is 1.08 bits per heavy atom. The minimum atomic E-state index is -0.0358. The second-order valence-corrected chi connectivity index (χ2v) is 6.87. The van der Waals surface area contributed by atoms with Gasteiger partial charge in [0.15, 0.2) is 0 Å². The van der Waals surface area contributed by atoms with E-state index < -0.39 is 0 Å². The molecule has 8 heteroatoms. The molecule has 0 spiro atoms. The predicted molar refractivity (Wildman–Crippen MR) is 107 cm³/mol. The molecular weight excluding hydrogens is 327 g/mol. The fourth-order valence-corrected chi connectivity index (χ4v) is 3.27. The first-order chi connectivity index (χ1) is 12.7. The number of urea groups is 1. The summed E-state index contributed by atoms with van der Waals surface area (Å²) in [7, 11) is 2.03. The Morgan fingerprint density at radius 2 is 1.85 bits per heavy atom. The number of benzene rings is 1. The molecule has 134 valence electrons. The molecule has 0 saturated carbocycles. The average molecular weight is 350 g/mol. The van der Waals surface area contributed by atoms with Crippen molar-refractivity contribution in [3.8, 4) is 0 Å². The van der Waals surface area contributed by atoms with E-state index in [1.54, 1.807) is 0 Å². The van der Waals surface area contributed by atoms with Crippen molar-refractivity contribution in [2.75, 3.05) is 41.7 Å². The number of likely N-dealkylation sites (tertiary alicyclic amines) is 1. The van der Waals surface area contributed by atoms with Crippen molar-refractivity contribution in [3.63, 3.8) is 0 Å². The Morgan fingerprint density at radius 3 is 2.58 bits per heavy atom. The largest absolute Gasteiger partial charge is 0.357 e. The number of hydrogen-bond acceptors (Lipinski definition) is 5. The van der Waals surface area contributed by atoms with E-state index in [0.29, 0.717) is 5.95 Å². The summed E-state index contributed by atoms with van der Waals surface area (Å²) in [5.74, 6) is 1.56. The van der Waals surface area contributed by atoms with E-state index in [4.69, 9.17) is 0 Å². The Hall–Kier alpha value is -2.77. The van der Waals surface area contributed by atoms with Crippen molar-refractivity contribution in [2.45, 2.75) is 19.3 Å². The fourth-order valence-electron chi connectivity index (χ4n) is 3.27. The zero-order chi connectivity index (χ0) is 17.9. The van der Waals surface area contributed by atoms with Crippen LogP contribution in [0.5, 0.6) is 0 Å². The van der Waals surface area contributed by atoms with Crippen LogP contribution in [-0.2, 0) is 0 Å². The van der Waals surface area contributed by atoms with E-state index in [2.05, 4.69) is 25.5 Å². The van der Waals surface area contributed by atoms with E-state index >= 15 is 0 Å². The summed E-state index contributed by atoms with van der Waals surface area (Å²) >= 11 is 0. The van der Waals surface area contributed by atoms with Crippen molar-refractivity contribution in [2.24, 2.45) is 0 Å². The van der Waals surface area contributed by atoms with Gasteiger partial charge in [-0.25, -0.2) is 9.78 Å². The van der Waals surface area contributed by atoms with Crippen molar-refractivity contribution in [3.05, 3.63) is 30.5 Å². The van der Waals surface area contributed by atoms with Gasteiger partial charge < -0.3 is 20.4 Å². The van der Waals surface area contributed by atoms with Gasteiger partial charge in [-0.05, 0) is 42.9 Å². The number of carbonyl (C=O) groups is 1. The zero-order valence-electron chi connectivity index (χ0n) is 15.0. The van der Waals surface area contributed by atoms with Crippen LogP contribution >= 0.6 is 0 Å². The maximum Gasteiger partial charge on any atom is 0.321 e. The SMILES string of the molecule is Bc1cnc(Nc2cccc(NC(=O)N3CCCC3)c2)nc1N1CCC1. The first-order valence-electron chi connectivity index (χ1n) is 9.21. The standard InChI is InChI=1S/C18H23BN6O/c19-15-12-20-17(23-16(15)24-9-4-10-24)21-13-5-3-6-14(11-13)22-18(26)25-7-1-2-8-25/h3,5-6,11-12H,1-2,4,7-10,19H2,(H,22,26)(H,20,21,23). The predicted octanol–water partition coefficient (Wildman–Crippen LogP) is 1.32. The number of anilines is 4. The van der Waals surface area contributed by atoms with Crippen molar-refractivity contribution >= 4 is 42.5 Å². The molecular formula is C18H23BN6O. The molecule has 3 heterocycles. The molecule has 0 unspecified atom stereocenters. The van der Waals surface area contributed by atoms with Crippen LogP contribution in [0.25, 0.3) is 0 Å². The third-order valence-electron chi connectivity index (χ3n) is 4.86. The first kappa shape index (κ1) is 16.7. The third kappa shape index (κ3) is 3.59. The van der Waals surface area contributed by atoms with Gasteiger partial charge in [-0.3, -0.25) is 0 Å². The van der Waals surface area contributed by atoms with E-state index in [-0.39, 0.29) is 6.03 Å². The molecule has 1 aromatic heterocycles. The topological polar surface area (TPSA) is 73.4 Å². The van der Waals surface area contributed by atoms with Gasteiger partial charge in [0.05, 0.1) is 0 Å². The Labute approximate surface area is 154 Å². The van der Waals surface area contributed by atoms with Crippen molar-refractivity contribution in [1.29, 1.82) is 0 Å². The Kier molecular flexibility index (Phi) is 4.64. The summed E-state index contributed by atoms with van der Waals surface area (Å²) in [6.45, 7) is 3.77. The monoisotopic (exact) mass is 350 g/mol. The summed E-state index contributed by atoms with van der Waals surface area (Å²) in [5.41, 5.74) is 2.70. The molecule has 2 aromatic rings. The highest BCUT2D eigenvalue weighted by Crippen LogP contribution is 2.21. The van der Waals surface area contributed by atoms with Gasteiger partial charge in [0.2, 0.25) is 5.95 Å². The molecule has 4 rings (SSSR count). The zero-order valence-corrected chi connectivity index (χ0v) is 15.0. The van der Waals surface area contributed by atoms with Gasteiger partial charge in [0.25, 0.3) is 0 Å². The Balaban J connectivity index is 1.46. The van der Waals surface area contributed by atoms with Gasteiger partial charge in [-0.2, -0.15) is 4.98 Å². The highest BCUT2D eigenvalue weighted by Gasteiger charge is 2.19. The number of amides is 2. The van der Waals surface area contributed by atoms with E-state index in [1.165, 1.54) is 6.42 Å².